The smallest absolute Gasteiger partial charge is 0.278 e. The predicted octanol–water partition coefficient (Wildman–Crippen LogP) is 1.58. The van der Waals surface area contributed by atoms with Gasteiger partial charge < -0.3 is 15.5 Å². The molecule has 0 aromatic heterocycles. The van der Waals surface area contributed by atoms with Gasteiger partial charge in [-0.3, -0.25) is 14.5 Å². The van der Waals surface area contributed by atoms with E-state index in [4.69, 9.17) is 5.73 Å². The second-order valence-corrected chi connectivity index (χ2v) is 8.00. The van der Waals surface area contributed by atoms with Crippen molar-refractivity contribution in [3.8, 4) is 0 Å². The van der Waals surface area contributed by atoms with Crippen molar-refractivity contribution < 1.29 is 9.59 Å². The average molecular weight is 386 g/mol. The van der Waals surface area contributed by atoms with Gasteiger partial charge in [0, 0.05) is 56.6 Å². The molecule has 1 aromatic carbocycles. The molecule has 28 heavy (non-hydrogen) atoms. The van der Waals surface area contributed by atoms with Crippen LogP contribution >= 0.6 is 0 Å². The molecule has 1 aromatic rings. The second kappa shape index (κ2) is 8.73. The lowest BCUT2D eigenvalue weighted by Gasteiger charge is -2.37. The van der Waals surface area contributed by atoms with Crippen LogP contribution in [0.5, 0.6) is 0 Å². The first kappa shape index (κ1) is 20.3. The molecule has 0 radical (unpaired) electrons. The monoisotopic (exact) mass is 385 g/mol. The van der Waals surface area contributed by atoms with Gasteiger partial charge in [0.2, 0.25) is 5.91 Å². The summed E-state index contributed by atoms with van der Waals surface area (Å²) in [5.41, 5.74) is 6.98. The van der Waals surface area contributed by atoms with E-state index in [2.05, 4.69) is 28.6 Å². The van der Waals surface area contributed by atoms with Gasteiger partial charge >= 0.3 is 0 Å². The van der Waals surface area contributed by atoms with Crippen LogP contribution in [0.2, 0.25) is 0 Å². The molecule has 7 nitrogen and oxygen atoms in total. The zero-order chi connectivity index (χ0) is 20.3. The number of hydrogen-bond acceptors (Lipinski definition) is 4. The molecule has 0 unspecified atom stereocenters. The zero-order valence-corrected chi connectivity index (χ0v) is 17.1. The van der Waals surface area contributed by atoms with E-state index in [1.165, 1.54) is 0 Å². The highest BCUT2D eigenvalue weighted by molar-refractivity contribution is 6.02. The van der Waals surface area contributed by atoms with Crippen LogP contribution in [0.1, 0.15) is 37.6 Å². The molecule has 2 amide bonds. The summed E-state index contributed by atoms with van der Waals surface area (Å²) < 4.78 is 0. The van der Waals surface area contributed by atoms with Crippen molar-refractivity contribution in [2.75, 3.05) is 44.2 Å². The number of carbonyl (C=O) groups excluding carboxylic acids is 2. The Morgan fingerprint density at radius 1 is 1.14 bits per heavy atom. The Hall–Kier alpha value is -2.41. The van der Waals surface area contributed by atoms with Crippen molar-refractivity contribution >= 4 is 23.3 Å². The van der Waals surface area contributed by atoms with Gasteiger partial charge in [-0.05, 0) is 45.4 Å². The number of rotatable bonds is 4. The molecule has 2 aliphatic heterocycles. The van der Waals surface area contributed by atoms with E-state index in [0.717, 1.165) is 44.8 Å². The molecule has 0 aliphatic carbocycles. The van der Waals surface area contributed by atoms with Gasteiger partial charge in [0.15, 0.2) is 0 Å². The summed E-state index contributed by atoms with van der Waals surface area (Å²) >= 11 is 0. The molecule has 0 bridgehead atoms. The first-order valence-electron chi connectivity index (χ1n) is 10.1. The number of hydrogen-bond donors (Lipinski definition) is 1. The maximum atomic E-state index is 12.9. The third kappa shape index (κ3) is 4.70. The van der Waals surface area contributed by atoms with Gasteiger partial charge in [0.05, 0.1) is 5.92 Å². The van der Waals surface area contributed by atoms with Crippen molar-refractivity contribution in [3.63, 3.8) is 0 Å². The number of anilines is 1. The van der Waals surface area contributed by atoms with Gasteiger partial charge in [0.1, 0.15) is 5.84 Å². The zero-order valence-electron chi connectivity index (χ0n) is 17.1. The summed E-state index contributed by atoms with van der Waals surface area (Å²) in [5.74, 6) is 0.201. The molecule has 1 atom stereocenters. The summed E-state index contributed by atoms with van der Waals surface area (Å²) in [7, 11) is 0. The first-order chi connectivity index (χ1) is 13.3. The number of benzene rings is 1. The van der Waals surface area contributed by atoms with Gasteiger partial charge in [-0.2, -0.15) is 4.99 Å². The number of aliphatic imine (C=N–C) groups is 1. The standard InChI is InChI=1S/C21H31N5O2/c1-15(2)24-9-11-25(12-10-24)21(28)18-7-8-26(14-18)19-6-4-5-17(13-19)20(27)23-16(3)22/h4-6,13,15,18H,7-12,14H2,1-3H3,(H2,22,23,27)/t18-/m0/s1. The fourth-order valence-corrected chi connectivity index (χ4v) is 3.97. The van der Waals surface area contributed by atoms with Crippen LogP contribution in [0, 0.1) is 5.92 Å². The molecule has 2 N–H and O–H groups in total. The highest BCUT2D eigenvalue weighted by Crippen LogP contribution is 2.26. The lowest BCUT2D eigenvalue weighted by atomic mass is 10.1. The Morgan fingerprint density at radius 3 is 2.50 bits per heavy atom. The summed E-state index contributed by atoms with van der Waals surface area (Å²) in [6.07, 6.45) is 0.849. The van der Waals surface area contributed by atoms with Crippen LogP contribution in [-0.2, 0) is 4.79 Å². The molecule has 0 saturated carbocycles. The topological polar surface area (TPSA) is 82.2 Å². The summed E-state index contributed by atoms with van der Waals surface area (Å²) in [5, 5.41) is 0. The van der Waals surface area contributed by atoms with E-state index in [0.29, 0.717) is 18.2 Å². The number of nitrogens with zero attached hydrogens (tertiary/aromatic N) is 4. The molecular formula is C21H31N5O2. The third-order valence-electron chi connectivity index (χ3n) is 5.63. The van der Waals surface area contributed by atoms with Gasteiger partial charge in [-0.15, -0.1) is 0 Å². The van der Waals surface area contributed by atoms with Crippen LogP contribution in [0.25, 0.3) is 0 Å². The Balaban J connectivity index is 1.60. The van der Waals surface area contributed by atoms with E-state index in [-0.39, 0.29) is 23.6 Å². The van der Waals surface area contributed by atoms with Crippen molar-refractivity contribution in [2.24, 2.45) is 16.6 Å². The molecule has 3 rings (SSSR count). The van der Waals surface area contributed by atoms with E-state index >= 15 is 0 Å². The van der Waals surface area contributed by atoms with Crippen molar-refractivity contribution in [2.45, 2.75) is 33.2 Å². The average Bonchev–Trinajstić information content (AvgIpc) is 3.17. The van der Waals surface area contributed by atoms with E-state index in [9.17, 15) is 9.59 Å². The fraction of sp³-hybridized carbons (Fsp3) is 0.571. The van der Waals surface area contributed by atoms with Gasteiger partial charge in [0.25, 0.3) is 5.91 Å². The summed E-state index contributed by atoms with van der Waals surface area (Å²) in [6, 6.07) is 7.93. The molecular weight excluding hydrogens is 354 g/mol. The number of amides is 2. The highest BCUT2D eigenvalue weighted by Gasteiger charge is 2.33. The second-order valence-electron chi connectivity index (χ2n) is 8.00. The van der Waals surface area contributed by atoms with Crippen LogP contribution in [0.15, 0.2) is 29.3 Å². The number of carbonyl (C=O) groups is 2. The Morgan fingerprint density at radius 2 is 1.86 bits per heavy atom. The van der Waals surface area contributed by atoms with Crippen LogP contribution in [0.3, 0.4) is 0 Å². The molecule has 152 valence electrons. The summed E-state index contributed by atoms with van der Waals surface area (Å²) in [4.78, 5) is 35.5. The number of amidine groups is 1. The normalized spacial score (nSPS) is 21.4. The lowest BCUT2D eigenvalue weighted by molar-refractivity contribution is -0.136. The molecule has 2 heterocycles. The van der Waals surface area contributed by atoms with Gasteiger partial charge in [-0.1, -0.05) is 6.07 Å². The highest BCUT2D eigenvalue weighted by atomic mass is 16.2. The Kier molecular flexibility index (Phi) is 6.34. The first-order valence-corrected chi connectivity index (χ1v) is 10.1. The molecule has 2 aliphatic rings. The van der Waals surface area contributed by atoms with E-state index in [1.54, 1.807) is 13.0 Å². The minimum absolute atomic E-state index is 0.0225. The quantitative estimate of drug-likeness (QED) is 0.629. The van der Waals surface area contributed by atoms with Crippen molar-refractivity contribution in [1.29, 1.82) is 0 Å². The lowest BCUT2D eigenvalue weighted by Crippen LogP contribution is -2.52. The minimum atomic E-state index is -0.336. The molecule has 2 fully saturated rings. The molecule has 7 heteroatoms. The Labute approximate surface area is 167 Å². The van der Waals surface area contributed by atoms with Crippen LogP contribution in [-0.4, -0.2) is 72.8 Å². The fourth-order valence-electron chi connectivity index (χ4n) is 3.97. The molecule has 2 saturated heterocycles. The Bertz CT molecular complexity index is 749. The number of nitrogens with two attached hydrogens (primary N) is 1. The largest absolute Gasteiger partial charge is 0.387 e. The molecule has 0 spiro atoms. The van der Waals surface area contributed by atoms with Crippen molar-refractivity contribution in [1.82, 2.24) is 9.80 Å². The third-order valence-corrected chi connectivity index (χ3v) is 5.63. The SMILES string of the molecule is CC(N)=NC(=O)c1cccc(N2CC[C@H](C(=O)N3CCN(C(C)C)CC3)C2)c1. The van der Waals surface area contributed by atoms with Gasteiger partial charge in [-0.25, -0.2) is 0 Å². The predicted molar refractivity (Wildman–Crippen MR) is 112 cm³/mol. The van der Waals surface area contributed by atoms with E-state index in [1.807, 2.05) is 23.1 Å². The van der Waals surface area contributed by atoms with Crippen LogP contribution in [0.4, 0.5) is 5.69 Å². The minimum Gasteiger partial charge on any atom is -0.387 e. The van der Waals surface area contributed by atoms with Crippen LogP contribution < -0.4 is 10.6 Å². The maximum absolute atomic E-state index is 12.9. The van der Waals surface area contributed by atoms with E-state index < -0.39 is 0 Å². The maximum Gasteiger partial charge on any atom is 0.278 e. The number of piperazine rings is 1. The van der Waals surface area contributed by atoms with Crippen molar-refractivity contribution in [3.05, 3.63) is 29.8 Å². The summed E-state index contributed by atoms with van der Waals surface area (Å²) in [6.45, 7) is 11.0.